The molecule has 0 spiro atoms. The maximum atomic E-state index is 12.6. The number of hydrazine groups is 1. The fourth-order valence-corrected chi connectivity index (χ4v) is 3.54. The van der Waals surface area contributed by atoms with Gasteiger partial charge in [-0.1, -0.05) is 44.9 Å². The number of carbonyl (C=O) groups is 1. The molecule has 2 rings (SSSR count). The van der Waals surface area contributed by atoms with Crippen molar-refractivity contribution < 1.29 is 4.79 Å². The van der Waals surface area contributed by atoms with Crippen molar-refractivity contribution in [3.05, 3.63) is 27.2 Å². The summed E-state index contributed by atoms with van der Waals surface area (Å²) < 4.78 is 4.43. The van der Waals surface area contributed by atoms with Crippen LogP contribution < -0.4 is 17.1 Å². The molecule has 9 heteroatoms. The van der Waals surface area contributed by atoms with Crippen LogP contribution in [-0.2, 0) is 25.4 Å². The summed E-state index contributed by atoms with van der Waals surface area (Å²) in [5.41, 5.74) is 0.332. The fraction of sp³-hybridized carbons (Fsp3) is 0.700. The highest BCUT2D eigenvalue weighted by Gasteiger charge is 2.14. The zero-order valence-corrected chi connectivity index (χ0v) is 17.9. The minimum atomic E-state index is -0.304. The first-order chi connectivity index (χ1) is 13.8. The summed E-state index contributed by atoms with van der Waals surface area (Å²) in [7, 11) is 3.42. The van der Waals surface area contributed by atoms with E-state index in [0.717, 1.165) is 44.9 Å². The SMILES string of the molecule is CC(=O)N(N)CCCCCCCCCCCn1c(=O)c2c(ncn2C)n(C)c1=O. The molecule has 0 atom stereocenters. The third-order valence-corrected chi connectivity index (χ3v) is 5.39. The van der Waals surface area contributed by atoms with Gasteiger partial charge in [-0.2, -0.15) is 0 Å². The summed E-state index contributed by atoms with van der Waals surface area (Å²) >= 11 is 0. The zero-order chi connectivity index (χ0) is 21.4. The lowest BCUT2D eigenvalue weighted by molar-refractivity contribution is -0.129. The molecule has 162 valence electrons. The lowest BCUT2D eigenvalue weighted by atomic mass is 10.1. The van der Waals surface area contributed by atoms with E-state index in [1.165, 1.54) is 33.9 Å². The third kappa shape index (κ3) is 6.03. The predicted molar refractivity (Wildman–Crippen MR) is 113 cm³/mol. The molecule has 0 aliphatic heterocycles. The molecule has 0 saturated carbocycles. The molecule has 1 amide bonds. The Balaban J connectivity index is 1.64. The minimum Gasteiger partial charge on any atom is -0.328 e. The Kier molecular flexibility index (Phi) is 8.63. The Labute approximate surface area is 171 Å². The maximum absolute atomic E-state index is 12.6. The predicted octanol–water partition coefficient (Wildman–Crippen LogP) is 1.67. The number of hydrogen-bond acceptors (Lipinski definition) is 5. The number of rotatable bonds is 12. The Morgan fingerprint density at radius 2 is 1.55 bits per heavy atom. The smallest absolute Gasteiger partial charge is 0.328 e. The molecule has 0 saturated heterocycles. The van der Waals surface area contributed by atoms with Gasteiger partial charge in [0.2, 0.25) is 5.91 Å². The highest BCUT2D eigenvalue weighted by atomic mass is 16.2. The normalized spacial score (nSPS) is 11.3. The molecule has 2 aromatic rings. The summed E-state index contributed by atoms with van der Waals surface area (Å²) in [4.78, 5) is 40.2. The van der Waals surface area contributed by atoms with Crippen LogP contribution in [0.2, 0.25) is 0 Å². The van der Waals surface area contributed by atoms with E-state index in [0.29, 0.717) is 24.3 Å². The van der Waals surface area contributed by atoms with Crippen molar-refractivity contribution >= 4 is 17.1 Å². The summed E-state index contributed by atoms with van der Waals surface area (Å²) in [5.74, 6) is 5.47. The Morgan fingerprint density at radius 3 is 2.14 bits per heavy atom. The summed E-state index contributed by atoms with van der Waals surface area (Å²) in [5, 5.41) is 1.27. The van der Waals surface area contributed by atoms with Crippen LogP contribution in [0.4, 0.5) is 0 Å². The number of nitrogens with zero attached hydrogens (tertiary/aromatic N) is 5. The number of unbranched alkanes of at least 4 members (excludes halogenated alkanes) is 8. The fourth-order valence-electron chi connectivity index (χ4n) is 3.54. The Bertz CT molecular complexity index is 927. The van der Waals surface area contributed by atoms with Gasteiger partial charge in [0.25, 0.3) is 5.56 Å². The van der Waals surface area contributed by atoms with Crippen LogP contribution in [0.25, 0.3) is 11.2 Å². The molecule has 0 aromatic carbocycles. The molecule has 2 N–H and O–H groups in total. The van der Waals surface area contributed by atoms with E-state index in [-0.39, 0.29) is 17.2 Å². The number of nitrogens with two attached hydrogens (primary N) is 1. The lowest BCUT2D eigenvalue weighted by Gasteiger charge is -2.13. The van der Waals surface area contributed by atoms with Crippen molar-refractivity contribution in [3.8, 4) is 0 Å². The number of carbonyl (C=O) groups excluding carboxylic acids is 1. The van der Waals surface area contributed by atoms with E-state index in [1.54, 1.807) is 25.0 Å². The van der Waals surface area contributed by atoms with E-state index in [2.05, 4.69) is 4.98 Å². The zero-order valence-electron chi connectivity index (χ0n) is 17.9. The molecule has 29 heavy (non-hydrogen) atoms. The summed E-state index contributed by atoms with van der Waals surface area (Å²) in [6.45, 7) is 2.54. The molecule has 0 bridgehead atoms. The number of hydrogen-bond donors (Lipinski definition) is 1. The molecular formula is C20H34N6O3. The molecule has 2 heterocycles. The number of aryl methyl sites for hydroxylation is 2. The highest BCUT2D eigenvalue weighted by Crippen LogP contribution is 2.10. The van der Waals surface area contributed by atoms with Gasteiger partial charge < -0.3 is 4.57 Å². The molecule has 9 nitrogen and oxygen atoms in total. The number of aromatic nitrogens is 4. The first-order valence-electron chi connectivity index (χ1n) is 10.5. The maximum Gasteiger partial charge on any atom is 0.332 e. The summed E-state index contributed by atoms with van der Waals surface area (Å²) in [6.07, 6.45) is 11.2. The molecule has 0 aliphatic carbocycles. The van der Waals surface area contributed by atoms with Crippen molar-refractivity contribution in [1.29, 1.82) is 0 Å². The van der Waals surface area contributed by atoms with Gasteiger partial charge >= 0.3 is 5.69 Å². The van der Waals surface area contributed by atoms with Gasteiger partial charge in [0.1, 0.15) is 0 Å². The molecule has 0 radical (unpaired) electrons. The number of amides is 1. The highest BCUT2D eigenvalue weighted by molar-refractivity contribution is 5.72. The van der Waals surface area contributed by atoms with Gasteiger partial charge in [0, 0.05) is 34.1 Å². The molecule has 0 fully saturated rings. The van der Waals surface area contributed by atoms with Gasteiger partial charge in [-0.3, -0.25) is 23.7 Å². The topological polar surface area (TPSA) is 108 Å². The van der Waals surface area contributed by atoms with E-state index < -0.39 is 0 Å². The van der Waals surface area contributed by atoms with Gasteiger partial charge in [0.05, 0.1) is 6.33 Å². The monoisotopic (exact) mass is 406 g/mol. The van der Waals surface area contributed by atoms with E-state index in [4.69, 9.17) is 5.84 Å². The first kappa shape index (κ1) is 22.9. The van der Waals surface area contributed by atoms with Crippen LogP contribution in [0, 0.1) is 0 Å². The second kappa shape index (κ2) is 10.9. The standard InChI is InChI=1S/C20H34N6O3/c1-16(27)26(21)14-12-10-8-6-4-5-7-9-11-13-25-19(28)17-18(22-15-23(17)2)24(3)20(25)29/h15H,4-14,21H2,1-3H3. The van der Waals surface area contributed by atoms with Crippen molar-refractivity contribution in [2.45, 2.75) is 71.3 Å². The van der Waals surface area contributed by atoms with Crippen LogP contribution in [0.15, 0.2) is 15.9 Å². The van der Waals surface area contributed by atoms with E-state index >= 15 is 0 Å². The second-order valence-corrected chi connectivity index (χ2v) is 7.72. The van der Waals surface area contributed by atoms with E-state index in [1.807, 2.05) is 0 Å². The second-order valence-electron chi connectivity index (χ2n) is 7.72. The van der Waals surface area contributed by atoms with E-state index in [9.17, 15) is 14.4 Å². The average Bonchev–Trinajstić information content (AvgIpc) is 3.08. The van der Waals surface area contributed by atoms with Crippen LogP contribution >= 0.6 is 0 Å². The van der Waals surface area contributed by atoms with Gasteiger partial charge in [-0.05, 0) is 12.8 Å². The molecular weight excluding hydrogens is 372 g/mol. The first-order valence-corrected chi connectivity index (χ1v) is 10.5. The van der Waals surface area contributed by atoms with Crippen molar-refractivity contribution in [1.82, 2.24) is 23.7 Å². The van der Waals surface area contributed by atoms with Crippen LogP contribution in [-0.4, -0.2) is 36.1 Å². The molecule has 0 unspecified atom stereocenters. The average molecular weight is 407 g/mol. The Morgan fingerprint density at radius 1 is 1.00 bits per heavy atom. The summed E-state index contributed by atoms with van der Waals surface area (Å²) in [6, 6.07) is 0. The minimum absolute atomic E-state index is 0.0923. The Hall–Kier alpha value is -2.42. The lowest BCUT2D eigenvalue weighted by Crippen LogP contribution is -2.39. The quantitative estimate of drug-likeness (QED) is 0.250. The van der Waals surface area contributed by atoms with Crippen LogP contribution in [0.3, 0.4) is 0 Å². The third-order valence-electron chi connectivity index (χ3n) is 5.39. The van der Waals surface area contributed by atoms with Crippen molar-refractivity contribution in [3.63, 3.8) is 0 Å². The van der Waals surface area contributed by atoms with Crippen molar-refractivity contribution in [2.24, 2.45) is 19.9 Å². The van der Waals surface area contributed by atoms with Crippen LogP contribution in [0.5, 0.6) is 0 Å². The van der Waals surface area contributed by atoms with Crippen LogP contribution in [0.1, 0.15) is 64.7 Å². The number of imidazole rings is 1. The van der Waals surface area contributed by atoms with Gasteiger partial charge in [0.15, 0.2) is 11.2 Å². The largest absolute Gasteiger partial charge is 0.332 e. The molecule has 0 aliphatic rings. The molecule has 2 aromatic heterocycles. The van der Waals surface area contributed by atoms with Crippen molar-refractivity contribution in [2.75, 3.05) is 6.54 Å². The van der Waals surface area contributed by atoms with Gasteiger partial charge in [-0.15, -0.1) is 0 Å². The number of fused-ring (bicyclic) bond motifs is 1. The van der Waals surface area contributed by atoms with Gasteiger partial charge in [-0.25, -0.2) is 15.6 Å².